The molecule has 1 aromatic heterocycles. The molecule has 0 unspecified atom stereocenters. The summed E-state index contributed by atoms with van der Waals surface area (Å²) < 4.78 is 23.1. The fourth-order valence-electron chi connectivity index (χ4n) is 0.827. The molecule has 0 N–H and O–H groups in total. The van der Waals surface area contributed by atoms with E-state index in [2.05, 4.69) is 17.6 Å². The molecule has 0 radical (unpaired) electrons. The summed E-state index contributed by atoms with van der Waals surface area (Å²) in [6, 6.07) is 0. The molecule has 14 heavy (non-hydrogen) atoms. The van der Waals surface area contributed by atoms with E-state index >= 15 is 0 Å². The summed E-state index contributed by atoms with van der Waals surface area (Å²) in [7, 11) is -3.02. The smallest absolute Gasteiger partial charge is 0.159 e. The van der Waals surface area contributed by atoms with Gasteiger partial charge < -0.3 is 0 Å². The Morgan fingerprint density at radius 1 is 1.57 bits per heavy atom. The van der Waals surface area contributed by atoms with E-state index in [-0.39, 0.29) is 11.0 Å². The Bertz CT molecular complexity index is 394. The van der Waals surface area contributed by atoms with Crippen LogP contribution in [0.25, 0.3) is 0 Å². The van der Waals surface area contributed by atoms with Gasteiger partial charge in [-0.25, -0.2) is 13.4 Å². The fraction of sp³-hybridized carbons (Fsp3) is 0.625. The third-order valence-corrected chi connectivity index (χ3v) is 5.65. The fourth-order valence-corrected chi connectivity index (χ4v) is 3.16. The lowest BCUT2D eigenvalue weighted by Gasteiger charge is -2.04. The molecule has 0 atom stereocenters. The number of hydrogen-bond donors (Lipinski definition) is 1. The highest BCUT2D eigenvalue weighted by Crippen LogP contribution is 2.18. The van der Waals surface area contributed by atoms with Crippen LogP contribution in [0.1, 0.15) is 23.7 Å². The van der Waals surface area contributed by atoms with Crippen molar-refractivity contribution in [2.24, 2.45) is 0 Å². The molecule has 0 bridgehead atoms. The van der Waals surface area contributed by atoms with Crippen molar-refractivity contribution in [3.63, 3.8) is 0 Å². The van der Waals surface area contributed by atoms with E-state index < -0.39 is 9.84 Å². The second-order valence-corrected chi connectivity index (χ2v) is 7.31. The highest BCUT2D eigenvalue weighted by molar-refractivity contribution is 7.91. The average molecular weight is 251 g/mol. The maximum atomic E-state index is 11.5. The van der Waals surface area contributed by atoms with Crippen LogP contribution in [0.4, 0.5) is 0 Å². The Labute approximate surface area is 93.9 Å². The topological polar surface area (TPSA) is 47.0 Å². The lowest BCUT2D eigenvalue weighted by Crippen LogP contribution is -2.15. The number of nitrogens with zero attached hydrogens (tertiary/aromatic N) is 1. The Balaban J connectivity index is 2.79. The summed E-state index contributed by atoms with van der Waals surface area (Å²) in [4.78, 5) is 5.05. The quantitative estimate of drug-likeness (QED) is 0.831. The number of sulfone groups is 1. The molecular weight excluding hydrogens is 238 g/mol. The van der Waals surface area contributed by atoms with Gasteiger partial charge in [-0.1, -0.05) is 0 Å². The zero-order valence-corrected chi connectivity index (χ0v) is 10.6. The first kappa shape index (κ1) is 12.0. The van der Waals surface area contributed by atoms with Crippen molar-refractivity contribution in [3.8, 4) is 0 Å². The largest absolute Gasteiger partial charge is 0.248 e. The first-order valence-corrected chi connectivity index (χ1v) is 7.38. The Morgan fingerprint density at radius 2 is 2.21 bits per heavy atom. The molecule has 3 nitrogen and oxygen atoms in total. The van der Waals surface area contributed by atoms with Crippen molar-refractivity contribution < 1.29 is 8.42 Å². The molecule has 1 aromatic rings. The van der Waals surface area contributed by atoms with Crippen molar-refractivity contribution in [3.05, 3.63) is 16.1 Å². The number of rotatable bonds is 4. The monoisotopic (exact) mass is 251 g/mol. The molecular formula is C8H13NO2S3. The maximum Gasteiger partial charge on any atom is 0.159 e. The van der Waals surface area contributed by atoms with E-state index in [9.17, 15) is 8.42 Å². The van der Waals surface area contributed by atoms with Crippen LogP contribution in [0.2, 0.25) is 0 Å². The van der Waals surface area contributed by atoms with Gasteiger partial charge in [-0.05, 0) is 13.8 Å². The van der Waals surface area contributed by atoms with Gasteiger partial charge in [-0.2, -0.15) is 12.6 Å². The lowest BCUT2D eigenvalue weighted by atomic mass is 10.6. The zero-order valence-electron chi connectivity index (χ0n) is 8.10. The highest BCUT2D eigenvalue weighted by Gasteiger charge is 2.18. The van der Waals surface area contributed by atoms with Gasteiger partial charge in [-0.15, -0.1) is 11.3 Å². The van der Waals surface area contributed by atoms with Gasteiger partial charge in [0.05, 0.1) is 5.25 Å². The van der Waals surface area contributed by atoms with Crippen molar-refractivity contribution in [2.45, 2.75) is 30.6 Å². The van der Waals surface area contributed by atoms with Gasteiger partial charge in [0.25, 0.3) is 0 Å². The van der Waals surface area contributed by atoms with E-state index in [0.29, 0.717) is 10.8 Å². The molecule has 0 saturated heterocycles. The second kappa shape index (κ2) is 4.63. The molecule has 0 aromatic carbocycles. The summed E-state index contributed by atoms with van der Waals surface area (Å²) in [5.41, 5.74) is 0. The molecule has 0 aliphatic carbocycles. The van der Waals surface area contributed by atoms with E-state index in [1.165, 1.54) is 11.3 Å². The molecule has 0 amide bonds. The number of thiol groups is 1. The highest BCUT2D eigenvalue weighted by atomic mass is 32.2. The van der Waals surface area contributed by atoms with Gasteiger partial charge in [0, 0.05) is 16.8 Å². The van der Waals surface area contributed by atoms with Crippen molar-refractivity contribution in [2.75, 3.05) is 0 Å². The summed E-state index contributed by atoms with van der Waals surface area (Å²) in [5, 5.41) is 0.314. The van der Waals surface area contributed by atoms with Gasteiger partial charge in [0.15, 0.2) is 9.84 Å². The lowest BCUT2D eigenvalue weighted by molar-refractivity contribution is 0.586. The van der Waals surface area contributed by atoms with Crippen LogP contribution >= 0.6 is 24.0 Å². The van der Waals surface area contributed by atoms with Crippen LogP contribution in [0, 0.1) is 0 Å². The third-order valence-electron chi connectivity index (χ3n) is 1.80. The van der Waals surface area contributed by atoms with Gasteiger partial charge in [0.2, 0.25) is 0 Å². The first-order chi connectivity index (χ1) is 6.45. The van der Waals surface area contributed by atoms with Gasteiger partial charge in [0.1, 0.15) is 10.8 Å². The van der Waals surface area contributed by atoms with Crippen molar-refractivity contribution in [1.29, 1.82) is 0 Å². The van der Waals surface area contributed by atoms with Crippen molar-refractivity contribution in [1.82, 2.24) is 4.98 Å². The minimum atomic E-state index is -3.02. The molecule has 0 fully saturated rings. The van der Waals surface area contributed by atoms with Crippen LogP contribution in [0.5, 0.6) is 0 Å². The van der Waals surface area contributed by atoms with E-state index in [0.717, 1.165) is 4.88 Å². The number of thiazole rings is 1. The van der Waals surface area contributed by atoms with Crippen LogP contribution < -0.4 is 0 Å². The normalized spacial score (nSPS) is 12.3. The van der Waals surface area contributed by atoms with E-state index in [4.69, 9.17) is 0 Å². The van der Waals surface area contributed by atoms with Crippen LogP contribution in [-0.4, -0.2) is 18.7 Å². The minimum absolute atomic E-state index is 0.0448. The summed E-state index contributed by atoms with van der Waals surface area (Å²) in [5.74, 6) is 0.655. The summed E-state index contributed by atoms with van der Waals surface area (Å²) in [6.07, 6.45) is 1.68. The standard InChI is InChI=1S/C8H13NO2S3/c1-6(2)14(10,11)5-8-9-3-7(4-12)13-8/h3,6,12H,4-5H2,1-2H3. The Kier molecular flexibility index (Phi) is 3.97. The Hall–Kier alpha value is -0.0700. The number of hydrogen-bond acceptors (Lipinski definition) is 5. The zero-order chi connectivity index (χ0) is 10.8. The molecule has 1 rings (SSSR count). The Morgan fingerprint density at radius 3 is 2.64 bits per heavy atom. The van der Waals surface area contributed by atoms with Crippen LogP contribution in [-0.2, 0) is 21.3 Å². The molecule has 1 heterocycles. The van der Waals surface area contributed by atoms with Gasteiger partial charge in [-0.3, -0.25) is 0 Å². The molecule has 6 heteroatoms. The molecule has 0 aliphatic rings. The van der Waals surface area contributed by atoms with E-state index in [1.807, 2.05) is 0 Å². The summed E-state index contributed by atoms with van der Waals surface area (Å²) >= 11 is 5.51. The predicted molar refractivity (Wildman–Crippen MR) is 62.6 cm³/mol. The van der Waals surface area contributed by atoms with Crippen molar-refractivity contribution >= 4 is 33.8 Å². The SMILES string of the molecule is CC(C)S(=O)(=O)Cc1ncc(CS)s1. The number of aromatic nitrogens is 1. The molecule has 0 spiro atoms. The second-order valence-electron chi connectivity index (χ2n) is 3.23. The first-order valence-electron chi connectivity index (χ1n) is 4.21. The average Bonchev–Trinajstić information content (AvgIpc) is 2.51. The van der Waals surface area contributed by atoms with Crippen LogP contribution in [0.3, 0.4) is 0 Å². The summed E-state index contributed by atoms with van der Waals surface area (Å²) in [6.45, 7) is 3.37. The van der Waals surface area contributed by atoms with E-state index in [1.54, 1.807) is 20.0 Å². The maximum absolute atomic E-state index is 11.5. The molecule has 80 valence electrons. The van der Waals surface area contributed by atoms with Gasteiger partial charge >= 0.3 is 0 Å². The third kappa shape index (κ3) is 2.96. The molecule has 0 saturated carbocycles. The molecule has 0 aliphatic heterocycles. The minimum Gasteiger partial charge on any atom is -0.248 e. The van der Waals surface area contributed by atoms with Crippen LogP contribution in [0.15, 0.2) is 6.20 Å². The predicted octanol–water partition coefficient (Wildman–Crippen LogP) is 1.90.